The Kier molecular flexibility index (Phi) is 5.80. The number of carbonyl (C=O) groups excluding carboxylic acids is 1. The van der Waals surface area contributed by atoms with Crippen molar-refractivity contribution in [2.24, 2.45) is 0 Å². The van der Waals surface area contributed by atoms with Gasteiger partial charge < -0.3 is 5.32 Å². The van der Waals surface area contributed by atoms with Crippen LogP contribution in [0.25, 0.3) is 11.1 Å². The van der Waals surface area contributed by atoms with Crippen molar-refractivity contribution in [2.45, 2.75) is 17.9 Å². The molecule has 3 rings (SSSR count). The average molecular weight is 349 g/mol. The van der Waals surface area contributed by atoms with Crippen LogP contribution in [0.15, 0.2) is 78.2 Å². The van der Waals surface area contributed by atoms with Gasteiger partial charge in [0.1, 0.15) is 0 Å². The molecule has 0 aliphatic heterocycles. The number of hydrogen-bond acceptors (Lipinski definition) is 4. The molecule has 0 bridgehead atoms. The minimum atomic E-state index is -0.0338. The van der Waals surface area contributed by atoms with Crippen molar-refractivity contribution in [1.29, 1.82) is 0 Å². The van der Waals surface area contributed by atoms with E-state index in [0.29, 0.717) is 5.75 Å². The Morgan fingerprint density at radius 3 is 2.44 bits per heavy atom. The lowest BCUT2D eigenvalue weighted by Gasteiger charge is -2.15. The summed E-state index contributed by atoms with van der Waals surface area (Å²) in [6, 6.07) is 15.9. The summed E-state index contributed by atoms with van der Waals surface area (Å²) in [5.74, 6) is 0.410. The van der Waals surface area contributed by atoms with Crippen LogP contribution in [-0.4, -0.2) is 21.6 Å². The maximum absolute atomic E-state index is 12.1. The number of pyridine rings is 2. The third-order valence-electron chi connectivity index (χ3n) is 3.80. The van der Waals surface area contributed by atoms with E-state index in [1.165, 1.54) is 11.8 Å². The number of amides is 1. The Morgan fingerprint density at radius 1 is 1.00 bits per heavy atom. The highest BCUT2D eigenvalue weighted by Gasteiger charge is 2.10. The second-order valence-corrected chi connectivity index (χ2v) is 6.67. The first-order valence-corrected chi connectivity index (χ1v) is 9.03. The zero-order valence-corrected chi connectivity index (χ0v) is 14.7. The van der Waals surface area contributed by atoms with Gasteiger partial charge in [-0.15, -0.1) is 11.8 Å². The molecule has 2 aromatic heterocycles. The van der Waals surface area contributed by atoms with E-state index in [1.54, 1.807) is 18.6 Å². The molecule has 0 spiro atoms. The molecule has 0 aliphatic carbocycles. The molecule has 1 amide bonds. The van der Waals surface area contributed by atoms with Crippen LogP contribution in [-0.2, 0) is 4.79 Å². The maximum atomic E-state index is 12.1. The molecule has 2 heterocycles. The molecule has 126 valence electrons. The fourth-order valence-electron chi connectivity index (χ4n) is 2.45. The van der Waals surface area contributed by atoms with Crippen LogP contribution >= 0.6 is 11.8 Å². The molecule has 4 nitrogen and oxygen atoms in total. The van der Waals surface area contributed by atoms with Gasteiger partial charge in [0.05, 0.1) is 11.8 Å². The SMILES string of the molecule is C[C@H](NC(=O)CSc1ccncc1)c1ccc(-c2cccnc2)cc1. The number of nitrogens with one attached hydrogen (secondary N) is 1. The predicted molar refractivity (Wildman–Crippen MR) is 101 cm³/mol. The summed E-state index contributed by atoms with van der Waals surface area (Å²) in [7, 11) is 0. The first kappa shape index (κ1) is 17.2. The lowest BCUT2D eigenvalue weighted by atomic mass is 10.0. The smallest absolute Gasteiger partial charge is 0.230 e. The van der Waals surface area contributed by atoms with Crippen LogP contribution in [0, 0.1) is 0 Å². The predicted octanol–water partition coefficient (Wildman–Crippen LogP) is 4.11. The molecule has 0 radical (unpaired) electrons. The summed E-state index contributed by atoms with van der Waals surface area (Å²) in [6.45, 7) is 1.99. The zero-order chi connectivity index (χ0) is 17.5. The van der Waals surface area contributed by atoms with E-state index < -0.39 is 0 Å². The van der Waals surface area contributed by atoms with Gasteiger partial charge in [0.15, 0.2) is 0 Å². The Bertz CT molecular complexity index is 807. The lowest BCUT2D eigenvalue weighted by molar-refractivity contribution is -0.119. The molecule has 25 heavy (non-hydrogen) atoms. The van der Waals surface area contributed by atoms with Crippen LogP contribution in [0.5, 0.6) is 0 Å². The molecule has 0 saturated carbocycles. The summed E-state index contributed by atoms with van der Waals surface area (Å²) >= 11 is 1.51. The summed E-state index contributed by atoms with van der Waals surface area (Å²) in [6.07, 6.45) is 7.06. The van der Waals surface area contributed by atoms with E-state index in [9.17, 15) is 4.79 Å². The molecular formula is C20H19N3OS. The number of aromatic nitrogens is 2. The Morgan fingerprint density at radius 2 is 1.76 bits per heavy atom. The van der Waals surface area contributed by atoms with E-state index in [4.69, 9.17) is 0 Å². The fourth-order valence-corrected chi connectivity index (χ4v) is 3.14. The number of thioether (sulfide) groups is 1. The molecule has 1 N–H and O–H groups in total. The van der Waals surface area contributed by atoms with Gasteiger partial charge >= 0.3 is 0 Å². The van der Waals surface area contributed by atoms with E-state index >= 15 is 0 Å². The quantitative estimate of drug-likeness (QED) is 0.680. The molecule has 0 unspecified atom stereocenters. The van der Waals surface area contributed by atoms with Crippen LogP contribution in [0.4, 0.5) is 0 Å². The topological polar surface area (TPSA) is 54.9 Å². The third kappa shape index (κ3) is 4.90. The summed E-state index contributed by atoms with van der Waals surface area (Å²) < 4.78 is 0. The Hall–Kier alpha value is -2.66. The lowest BCUT2D eigenvalue weighted by Crippen LogP contribution is -2.28. The second kappa shape index (κ2) is 8.44. The summed E-state index contributed by atoms with van der Waals surface area (Å²) in [5.41, 5.74) is 3.28. The number of rotatable bonds is 6. The number of nitrogens with zero attached hydrogens (tertiary/aromatic N) is 2. The molecule has 1 aromatic carbocycles. The van der Waals surface area contributed by atoms with Crippen LogP contribution < -0.4 is 5.32 Å². The molecule has 0 aliphatic rings. The molecule has 0 saturated heterocycles. The first-order chi connectivity index (χ1) is 12.2. The van der Waals surface area contributed by atoms with Crippen molar-refractivity contribution in [3.05, 3.63) is 78.9 Å². The normalized spacial score (nSPS) is 11.7. The molecule has 3 aromatic rings. The van der Waals surface area contributed by atoms with Crippen LogP contribution in [0.1, 0.15) is 18.5 Å². The third-order valence-corrected chi connectivity index (χ3v) is 4.81. The molecule has 5 heteroatoms. The van der Waals surface area contributed by atoms with Crippen molar-refractivity contribution in [3.8, 4) is 11.1 Å². The second-order valence-electron chi connectivity index (χ2n) is 5.62. The van der Waals surface area contributed by atoms with Crippen LogP contribution in [0.3, 0.4) is 0 Å². The molecular weight excluding hydrogens is 330 g/mol. The highest BCUT2D eigenvalue weighted by Crippen LogP contribution is 2.21. The van der Waals surface area contributed by atoms with E-state index in [1.807, 2.05) is 49.5 Å². The van der Waals surface area contributed by atoms with Crippen LogP contribution in [0.2, 0.25) is 0 Å². The largest absolute Gasteiger partial charge is 0.349 e. The highest BCUT2D eigenvalue weighted by molar-refractivity contribution is 8.00. The first-order valence-electron chi connectivity index (χ1n) is 8.05. The van der Waals surface area contributed by atoms with Crippen molar-refractivity contribution >= 4 is 17.7 Å². The summed E-state index contributed by atoms with van der Waals surface area (Å²) in [5, 5.41) is 3.04. The molecule has 0 fully saturated rings. The monoisotopic (exact) mass is 349 g/mol. The highest BCUT2D eigenvalue weighted by atomic mass is 32.2. The average Bonchev–Trinajstić information content (AvgIpc) is 2.68. The Balaban J connectivity index is 1.55. The minimum Gasteiger partial charge on any atom is -0.349 e. The Labute approximate surface area is 151 Å². The van der Waals surface area contributed by atoms with Gasteiger partial charge in [0.25, 0.3) is 0 Å². The number of hydrogen-bond donors (Lipinski definition) is 1. The van der Waals surface area contributed by atoms with Gasteiger partial charge in [-0.2, -0.15) is 0 Å². The van der Waals surface area contributed by atoms with Crippen molar-refractivity contribution < 1.29 is 4.79 Å². The van der Waals surface area contributed by atoms with E-state index in [0.717, 1.165) is 21.6 Å². The number of benzene rings is 1. The van der Waals surface area contributed by atoms with Gasteiger partial charge in [-0.3, -0.25) is 14.8 Å². The minimum absolute atomic E-state index is 0.0191. The summed E-state index contributed by atoms with van der Waals surface area (Å²) in [4.78, 5) is 21.3. The van der Waals surface area contributed by atoms with Gasteiger partial charge in [-0.1, -0.05) is 30.3 Å². The maximum Gasteiger partial charge on any atom is 0.230 e. The fraction of sp³-hybridized carbons (Fsp3) is 0.150. The van der Waals surface area contributed by atoms with Gasteiger partial charge in [-0.25, -0.2) is 0 Å². The zero-order valence-electron chi connectivity index (χ0n) is 13.9. The van der Waals surface area contributed by atoms with Gasteiger partial charge in [-0.05, 0) is 41.8 Å². The van der Waals surface area contributed by atoms with E-state index in [2.05, 4.69) is 27.4 Å². The standard InChI is InChI=1S/C20H19N3OS/c1-15(23-20(24)14-25-19-8-11-21-12-9-19)16-4-6-17(7-5-16)18-3-2-10-22-13-18/h2-13,15H,14H2,1H3,(H,23,24)/t15-/m0/s1. The number of carbonyl (C=O) groups is 1. The molecule has 1 atom stereocenters. The van der Waals surface area contributed by atoms with Crippen molar-refractivity contribution in [1.82, 2.24) is 15.3 Å². The van der Waals surface area contributed by atoms with Crippen molar-refractivity contribution in [3.63, 3.8) is 0 Å². The van der Waals surface area contributed by atoms with Gasteiger partial charge in [0, 0.05) is 29.7 Å². The van der Waals surface area contributed by atoms with E-state index in [-0.39, 0.29) is 11.9 Å². The van der Waals surface area contributed by atoms with Gasteiger partial charge in [0.2, 0.25) is 5.91 Å². The van der Waals surface area contributed by atoms with Crippen molar-refractivity contribution in [2.75, 3.05) is 5.75 Å².